The minimum Gasteiger partial charge on any atom is -0.497 e. The van der Waals surface area contributed by atoms with Gasteiger partial charge in [0.05, 0.1) is 18.3 Å². The van der Waals surface area contributed by atoms with Crippen molar-refractivity contribution in [3.8, 4) is 17.2 Å². The third kappa shape index (κ3) is 1.92. The first kappa shape index (κ1) is 12.8. The topological polar surface area (TPSA) is 48.2 Å². The van der Waals surface area contributed by atoms with Gasteiger partial charge >= 0.3 is 0 Å². The fourth-order valence-electron chi connectivity index (χ4n) is 2.61. The van der Waals surface area contributed by atoms with E-state index in [0.717, 1.165) is 39.0 Å². The molecule has 0 radical (unpaired) electrons. The van der Waals surface area contributed by atoms with E-state index in [2.05, 4.69) is 9.97 Å². The molecule has 0 aliphatic heterocycles. The summed E-state index contributed by atoms with van der Waals surface area (Å²) in [6.07, 6.45) is 0. The molecule has 108 valence electrons. The van der Waals surface area contributed by atoms with Crippen LogP contribution in [0.25, 0.3) is 33.5 Å². The Bertz CT molecular complexity index is 975. The maximum absolute atomic E-state index is 6.04. The number of aryl methyl sites for hydroxylation is 1. The molecule has 2 heterocycles. The quantitative estimate of drug-likeness (QED) is 0.550. The minimum atomic E-state index is 0.607. The van der Waals surface area contributed by atoms with Crippen molar-refractivity contribution in [2.45, 2.75) is 6.92 Å². The number of benzene rings is 2. The molecule has 4 rings (SSSR count). The molecule has 0 unspecified atom stereocenters. The molecule has 0 atom stereocenters. The predicted octanol–water partition coefficient (Wildman–Crippen LogP) is 4.36. The molecule has 0 aliphatic carbocycles. The first-order chi connectivity index (χ1) is 10.8. The number of aromatic nitrogens is 2. The van der Waals surface area contributed by atoms with E-state index in [1.807, 2.05) is 55.5 Å². The number of rotatable bonds is 2. The highest BCUT2D eigenvalue weighted by Gasteiger charge is 2.15. The maximum Gasteiger partial charge on any atom is 0.227 e. The number of methoxy groups -OCH3 is 1. The monoisotopic (exact) mass is 290 g/mol. The van der Waals surface area contributed by atoms with Crippen molar-refractivity contribution in [1.29, 1.82) is 0 Å². The van der Waals surface area contributed by atoms with Crippen LogP contribution in [-0.2, 0) is 0 Å². The molecule has 4 aromatic rings. The largest absolute Gasteiger partial charge is 0.497 e. The van der Waals surface area contributed by atoms with Gasteiger partial charge in [-0.3, -0.25) is 4.98 Å². The molecule has 0 amide bonds. The van der Waals surface area contributed by atoms with Crippen molar-refractivity contribution in [2.24, 2.45) is 0 Å². The standard InChI is InChI=1S/C18H14N2O2/c1-11-16-17(14-10-13(21-2)8-9-15(14)19-11)22-18(20-16)12-6-4-3-5-7-12/h3-10H,1-2H3. The molecule has 4 heteroatoms. The van der Waals surface area contributed by atoms with Crippen LogP contribution in [0.3, 0.4) is 0 Å². The van der Waals surface area contributed by atoms with Gasteiger partial charge in [-0.25, -0.2) is 4.98 Å². The lowest BCUT2D eigenvalue weighted by atomic mass is 10.1. The molecule has 2 aromatic heterocycles. The number of ether oxygens (including phenoxy) is 1. The second kappa shape index (κ2) is 4.84. The number of hydrogen-bond acceptors (Lipinski definition) is 4. The van der Waals surface area contributed by atoms with Crippen LogP contribution >= 0.6 is 0 Å². The van der Waals surface area contributed by atoms with Crippen LogP contribution in [0.5, 0.6) is 5.75 Å². The Kier molecular flexibility index (Phi) is 2.82. The Balaban J connectivity index is 2.05. The third-order valence-corrected chi connectivity index (χ3v) is 3.73. The number of oxazole rings is 1. The third-order valence-electron chi connectivity index (χ3n) is 3.73. The summed E-state index contributed by atoms with van der Waals surface area (Å²) in [5, 5.41) is 0.912. The lowest BCUT2D eigenvalue weighted by Crippen LogP contribution is -1.88. The van der Waals surface area contributed by atoms with Crippen molar-refractivity contribution < 1.29 is 9.15 Å². The summed E-state index contributed by atoms with van der Waals surface area (Å²) >= 11 is 0. The van der Waals surface area contributed by atoms with Crippen LogP contribution in [0.2, 0.25) is 0 Å². The van der Waals surface area contributed by atoms with E-state index >= 15 is 0 Å². The molecule has 0 saturated carbocycles. The average molecular weight is 290 g/mol. The van der Waals surface area contributed by atoms with E-state index in [1.54, 1.807) is 7.11 Å². The Hall–Kier alpha value is -2.88. The molecule has 0 fully saturated rings. The molecule has 2 aromatic carbocycles. The summed E-state index contributed by atoms with van der Waals surface area (Å²) in [5.41, 5.74) is 4.23. The molecule has 0 saturated heterocycles. The van der Waals surface area contributed by atoms with Crippen LogP contribution in [0.15, 0.2) is 52.9 Å². The van der Waals surface area contributed by atoms with E-state index in [-0.39, 0.29) is 0 Å². The highest BCUT2D eigenvalue weighted by Crippen LogP contribution is 2.32. The molecule has 0 N–H and O–H groups in total. The fourth-order valence-corrected chi connectivity index (χ4v) is 2.61. The van der Waals surface area contributed by atoms with Crippen molar-refractivity contribution in [3.63, 3.8) is 0 Å². The lowest BCUT2D eigenvalue weighted by molar-refractivity contribution is 0.415. The highest BCUT2D eigenvalue weighted by atomic mass is 16.5. The van der Waals surface area contributed by atoms with Gasteiger partial charge in [-0.15, -0.1) is 0 Å². The Morgan fingerprint density at radius 2 is 1.82 bits per heavy atom. The lowest BCUT2D eigenvalue weighted by Gasteiger charge is -2.03. The van der Waals surface area contributed by atoms with E-state index in [0.29, 0.717) is 5.89 Å². The Morgan fingerprint density at radius 3 is 2.59 bits per heavy atom. The summed E-state index contributed by atoms with van der Waals surface area (Å²) in [6.45, 7) is 1.95. The molecule has 0 spiro atoms. The SMILES string of the molecule is COc1ccc2nc(C)c3nc(-c4ccccc4)oc3c2c1. The second-order valence-corrected chi connectivity index (χ2v) is 5.14. The summed E-state index contributed by atoms with van der Waals surface area (Å²) in [4.78, 5) is 9.23. The van der Waals surface area contributed by atoms with Crippen molar-refractivity contribution in [1.82, 2.24) is 9.97 Å². The first-order valence-corrected chi connectivity index (χ1v) is 7.06. The minimum absolute atomic E-state index is 0.607. The summed E-state index contributed by atoms with van der Waals surface area (Å²) in [5.74, 6) is 1.38. The smallest absolute Gasteiger partial charge is 0.227 e. The molecule has 4 nitrogen and oxygen atoms in total. The zero-order valence-corrected chi connectivity index (χ0v) is 12.3. The highest BCUT2D eigenvalue weighted by molar-refractivity contribution is 6.02. The van der Waals surface area contributed by atoms with Crippen molar-refractivity contribution >= 4 is 22.0 Å². The van der Waals surface area contributed by atoms with Gasteiger partial charge in [-0.1, -0.05) is 18.2 Å². The van der Waals surface area contributed by atoms with Gasteiger partial charge in [0, 0.05) is 10.9 Å². The fraction of sp³-hybridized carbons (Fsp3) is 0.111. The molecule has 0 bridgehead atoms. The van der Waals surface area contributed by atoms with E-state index in [9.17, 15) is 0 Å². The Labute approximate surface area is 127 Å². The van der Waals surface area contributed by atoms with E-state index in [4.69, 9.17) is 9.15 Å². The maximum atomic E-state index is 6.04. The van der Waals surface area contributed by atoms with Gasteiger partial charge < -0.3 is 9.15 Å². The number of hydrogen-bond donors (Lipinski definition) is 0. The predicted molar refractivity (Wildman–Crippen MR) is 86.0 cm³/mol. The van der Waals surface area contributed by atoms with Crippen LogP contribution in [0, 0.1) is 6.92 Å². The van der Waals surface area contributed by atoms with E-state index in [1.165, 1.54) is 0 Å². The molecular weight excluding hydrogens is 276 g/mol. The van der Waals surface area contributed by atoms with Crippen LogP contribution in [0.4, 0.5) is 0 Å². The van der Waals surface area contributed by atoms with Crippen molar-refractivity contribution in [2.75, 3.05) is 7.11 Å². The van der Waals surface area contributed by atoms with Crippen molar-refractivity contribution in [3.05, 3.63) is 54.2 Å². The number of nitrogens with zero attached hydrogens (tertiary/aromatic N) is 2. The van der Waals surface area contributed by atoms with Crippen LogP contribution in [0.1, 0.15) is 5.69 Å². The van der Waals surface area contributed by atoms with Gasteiger partial charge in [-0.2, -0.15) is 0 Å². The molecular formula is C18H14N2O2. The molecule has 22 heavy (non-hydrogen) atoms. The zero-order chi connectivity index (χ0) is 15.1. The molecule has 0 aliphatic rings. The number of pyridine rings is 1. The normalized spacial score (nSPS) is 11.2. The zero-order valence-electron chi connectivity index (χ0n) is 12.3. The van der Waals surface area contributed by atoms with E-state index < -0.39 is 0 Å². The number of fused-ring (bicyclic) bond motifs is 3. The Morgan fingerprint density at radius 1 is 1.00 bits per heavy atom. The first-order valence-electron chi connectivity index (χ1n) is 7.06. The van der Waals surface area contributed by atoms with Gasteiger partial charge in [0.2, 0.25) is 5.89 Å². The summed E-state index contributed by atoms with van der Waals surface area (Å²) in [6, 6.07) is 15.6. The van der Waals surface area contributed by atoms with Crippen LogP contribution < -0.4 is 4.74 Å². The van der Waals surface area contributed by atoms with Gasteiger partial charge in [-0.05, 0) is 37.3 Å². The average Bonchev–Trinajstić information content (AvgIpc) is 3.02. The van der Waals surface area contributed by atoms with Crippen LogP contribution in [-0.4, -0.2) is 17.1 Å². The van der Waals surface area contributed by atoms with Gasteiger partial charge in [0.15, 0.2) is 5.58 Å². The summed E-state index contributed by atoms with van der Waals surface area (Å²) < 4.78 is 11.3. The van der Waals surface area contributed by atoms with Gasteiger partial charge in [0.25, 0.3) is 0 Å². The van der Waals surface area contributed by atoms with Gasteiger partial charge in [0.1, 0.15) is 11.3 Å². The second-order valence-electron chi connectivity index (χ2n) is 5.14. The summed E-state index contributed by atoms with van der Waals surface area (Å²) in [7, 11) is 1.65.